The van der Waals surface area contributed by atoms with Crippen LogP contribution >= 0.6 is 11.8 Å². The molecule has 2 amide bonds. The van der Waals surface area contributed by atoms with E-state index >= 15 is 0 Å². The average Bonchev–Trinajstić information content (AvgIpc) is 2.70. The quantitative estimate of drug-likeness (QED) is 0.265. The maximum atomic E-state index is 12.4. The number of nitrogens with one attached hydrogen (secondary N) is 3. The van der Waals surface area contributed by atoms with Crippen molar-refractivity contribution in [3.63, 3.8) is 0 Å². The maximum absolute atomic E-state index is 12.4. The fraction of sp³-hybridized carbons (Fsp3) is 0.333. The van der Waals surface area contributed by atoms with Crippen LogP contribution in [0.1, 0.15) is 17.3 Å². The Bertz CT molecular complexity index is 888. The summed E-state index contributed by atoms with van der Waals surface area (Å²) in [5.74, 6) is -2.68. The molecule has 0 spiro atoms. The Balaban J connectivity index is 2.80. The van der Waals surface area contributed by atoms with Gasteiger partial charge in [-0.15, -0.1) is 0 Å². The fourth-order valence-electron chi connectivity index (χ4n) is 1.99. The Labute approximate surface area is 183 Å². The lowest BCUT2D eigenvalue weighted by Crippen LogP contribution is -2.51. The number of carbonyl (C=O) groups excluding carboxylic acids is 4. The fourth-order valence-corrected chi connectivity index (χ4v) is 2.67. The van der Waals surface area contributed by atoms with Crippen LogP contribution in [0.25, 0.3) is 0 Å². The third kappa shape index (κ3) is 8.74. The van der Waals surface area contributed by atoms with Crippen molar-refractivity contribution in [2.75, 3.05) is 27.0 Å². The van der Waals surface area contributed by atoms with Gasteiger partial charge in [0.05, 0.1) is 7.11 Å². The minimum Gasteiger partial charge on any atom is -0.465 e. The molecule has 168 valence electrons. The molecule has 0 radical (unpaired) electrons. The van der Waals surface area contributed by atoms with Gasteiger partial charge in [0.25, 0.3) is 0 Å². The van der Waals surface area contributed by atoms with Crippen LogP contribution in [-0.2, 0) is 14.3 Å². The number of aliphatic imine (C=N–C) groups is 1. The number of nitrogens with two attached hydrogens (primary N) is 1. The van der Waals surface area contributed by atoms with Crippen molar-refractivity contribution >= 4 is 46.8 Å². The number of ether oxygens (including phenoxy) is 2. The summed E-state index contributed by atoms with van der Waals surface area (Å²) in [5, 5.41) is 11.4. The first-order valence-electron chi connectivity index (χ1n) is 8.75. The average molecular weight is 452 g/mol. The summed E-state index contributed by atoms with van der Waals surface area (Å²) in [6, 6.07) is 4.85. The van der Waals surface area contributed by atoms with Gasteiger partial charge in [0.1, 0.15) is 17.4 Å². The van der Waals surface area contributed by atoms with Gasteiger partial charge in [-0.05, 0) is 23.9 Å². The summed E-state index contributed by atoms with van der Waals surface area (Å²) in [6.07, 6.45) is 0. The van der Waals surface area contributed by atoms with E-state index in [0.29, 0.717) is 11.8 Å². The van der Waals surface area contributed by atoms with E-state index in [1.165, 1.54) is 31.1 Å². The first-order chi connectivity index (χ1) is 14.5. The topological polar surface area (TPSA) is 176 Å². The molecular formula is C18H24N6O6S. The van der Waals surface area contributed by atoms with Crippen molar-refractivity contribution in [2.45, 2.75) is 13.0 Å². The van der Waals surface area contributed by atoms with Gasteiger partial charge in [-0.2, -0.15) is 4.99 Å². The van der Waals surface area contributed by atoms with E-state index in [1.54, 1.807) is 26.2 Å². The van der Waals surface area contributed by atoms with Crippen LogP contribution in [0.4, 0.5) is 4.79 Å². The highest BCUT2D eigenvalue weighted by atomic mass is 32.2. The van der Waals surface area contributed by atoms with Crippen molar-refractivity contribution in [3.8, 4) is 5.75 Å². The molecule has 0 bridgehead atoms. The molecule has 1 aromatic rings. The molecule has 31 heavy (non-hydrogen) atoms. The molecule has 0 saturated heterocycles. The van der Waals surface area contributed by atoms with Crippen molar-refractivity contribution in [1.82, 2.24) is 15.5 Å². The maximum Gasteiger partial charge on any atom is 0.372 e. The van der Waals surface area contributed by atoms with Gasteiger partial charge in [-0.25, -0.2) is 9.59 Å². The van der Waals surface area contributed by atoms with Gasteiger partial charge in [0.2, 0.25) is 23.7 Å². The van der Waals surface area contributed by atoms with Gasteiger partial charge in [0, 0.05) is 26.8 Å². The largest absolute Gasteiger partial charge is 0.465 e. The lowest BCUT2D eigenvalue weighted by molar-refractivity contribution is -0.126. The monoisotopic (exact) mass is 452 g/mol. The third-order valence-corrected chi connectivity index (χ3v) is 4.27. The summed E-state index contributed by atoms with van der Waals surface area (Å²) in [6.45, 7) is 1.20. The van der Waals surface area contributed by atoms with E-state index in [0.717, 1.165) is 0 Å². The number of hydrogen-bond acceptors (Lipinski definition) is 8. The SMILES string of the molecule is COC(=O)c1ccccc1OC(=O)SC[C@H](NC(C)=O)C(=O)N/C(N)=N/C(=N)N(C)C. The normalized spacial score (nSPS) is 11.7. The second-order valence-corrected chi connectivity index (χ2v) is 7.06. The zero-order chi connectivity index (χ0) is 23.6. The van der Waals surface area contributed by atoms with Crippen molar-refractivity contribution in [1.29, 1.82) is 5.41 Å². The lowest BCUT2D eigenvalue weighted by Gasteiger charge is -2.17. The number of hydrogen-bond donors (Lipinski definition) is 4. The van der Waals surface area contributed by atoms with Gasteiger partial charge < -0.3 is 25.4 Å². The molecule has 5 N–H and O–H groups in total. The van der Waals surface area contributed by atoms with Gasteiger partial charge in [0.15, 0.2) is 0 Å². The van der Waals surface area contributed by atoms with E-state index in [-0.39, 0.29) is 29.0 Å². The Morgan fingerprint density at radius 3 is 2.48 bits per heavy atom. The summed E-state index contributed by atoms with van der Waals surface area (Å²) in [4.78, 5) is 52.8. The number of thioether (sulfide) groups is 1. The Morgan fingerprint density at radius 2 is 1.90 bits per heavy atom. The number of nitrogens with zero attached hydrogens (tertiary/aromatic N) is 2. The van der Waals surface area contributed by atoms with Gasteiger partial charge in [-0.1, -0.05) is 12.1 Å². The number of guanidine groups is 2. The molecule has 1 rings (SSSR count). The molecule has 1 aromatic carbocycles. The number of carbonyl (C=O) groups is 4. The van der Waals surface area contributed by atoms with E-state index in [9.17, 15) is 19.2 Å². The Hall–Kier alpha value is -3.61. The Morgan fingerprint density at radius 1 is 1.26 bits per heavy atom. The van der Waals surface area contributed by atoms with Crippen LogP contribution in [0.3, 0.4) is 0 Å². The molecule has 0 aromatic heterocycles. The van der Waals surface area contributed by atoms with Crippen LogP contribution in [0.5, 0.6) is 5.75 Å². The molecule has 13 heteroatoms. The number of esters is 1. The molecule has 0 unspecified atom stereocenters. The number of benzene rings is 1. The van der Waals surface area contributed by atoms with E-state index in [2.05, 4.69) is 20.4 Å². The summed E-state index contributed by atoms with van der Waals surface area (Å²) < 4.78 is 9.79. The molecule has 0 aliphatic rings. The molecular weight excluding hydrogens is 428 g/mol. The molecule has 0 saturated carbocycles. The Kier molecular flexibility index (Phi) is 9.98. The van der Waals surface area contributed by atoms with E-state index < -0.39 is 29.1 Å². The zero-order valence-corrected chi connectivity index (χ0v) is 18.2. The molecule has 1 atom stereocenters. The van der Waals surface area contributed by atoms with Crippen molar-refractivity contribution in [2.24, 2.45) is 10.7 Å². The summed E-state index contributed by atoms with van der Waals surface area (Å²) in [5.41, 5.74) is 5.65. The van der Waals surface area contributed by atoms with Crippen molar-refractivity contribution in [3.05, 3.63) is 29.8 Å². The highest BCUT2D eigenvalue weighted by Crippen LogP contribution is 2.21. The minimum absolute atomic E-state index is 0.00838. The highest BCUT2D eigenvalue weighted by Gasteiger charge is 2.23. The lowest BCUT2D eigenvalue weighted by atomic mass is 10.2. The summed E-state index contributed by atoms with van der Waals surface area (Å²) in [7, 11) is 4.34. The second kappa shape index (κ2) is 12.2. The number of rotatable bonds is 6. The molecule has 0 aliphatic carbocycles. The smallest absolute Gasteiger partial charge is 0.372 e. The van der Waals surface area contributed by atoms with Crippen LogP contribution in [0.2, 0.25) is 0 Å². The van der Waals surface area contributed by atoms with Crippen molar-refractivity contribution < 1.29 is 28.7 Å². The van der Waals surface area contributed by atoms with Crippen LogP contribution < -0.4 is 21.1 Å². The van der Waals surface area contributed by atoms with E-state index in [1.807, 2.05) is 0 Å². The molecule has 0 aliphatic heterocycles. The number of amides is 2. The minimum atomic E-state index is -1.15. The van der Waals surface area contributed by atoms with Crippen LogP contribution in [0.15, 0.2) is 29.3 Å². The first kappa shape index (κ1) is 25.4. The molecule has 0 fully saturated rings. The molecule has 12 nitrogen and oxygen atoms in total. The first-order valence-corrected chi connectivity index (χ1v) is 9.73. The van der Waals surface area contributed by atoms with Crippen LogP contribution in [0, 0.1) is 5.41 Å². The van der Waals surface area contributed by atoms with Crippen LogP contribution in [-0.4, -0.2) is 72.9 Å². The van der Waals surface area contributed by atoms with Gasteiger partial charge >= 0.3 is 11.3 Å². The second-order valence-electron chi connectivity index (χ2n) is 6.11. The zero-order valence-electron chi connectivity index (χ0n) is 17.4. The molecule has 0 heterocycles. The van der Waals surface area contributed by atoms with E-state index in [4.69, 9.17) is 15.9 Å². The highest BCUT2D eigenvalue weighted by molar-refractivity contribution is 8.13. The van der Waals surface area contributed by atoms with Gasteiger partial charge in [-0.3, -0.25) is 20.3 Å². The standard InChI is InChI=1S/C18H24N6O6S/c1-10(25)21-12(14(26)22-16(19)23-17(20)24(2)3)9-31-18(28)30-13-8-6-5-7-11(13)15(27)29-4/h5-8,12H,9H2,1-4H3,(H,21,25)(H4,19,20,22,23,26)/t12-/m0/s1. The summed E-state index contributed by atoms with van der Waals surface area (Å²) >= 11 is 0.604. The third-order valence-electron chi connectivity index (χ3n) is 3.45. The number of methoxy groups -OCH3 is 1. The predicted octanol–water partition coefficient (Wildman–Crippen LogP) is 0.137. The predicted molar refractivity (Wildman–Crippen MR) is 115 cm³/mol. The number of para-hydroxylation sites is 1.